The SMILES string of the molecule is C[C@H]1COc2c(F)c(F)cc(C=O)c2N1. The van der Waals surface area contributed by atoms with Gasteiger partial charge in [-0.1, -0.05) is 0 Å². The summed E-state index contributed by atoms with van der Waals surface area (Å²) in [7, 11) is 0. The molecule has 1 aliphatic heterocycles. The molecule has 1 aromatic carbocycles. The number of benzene rings is 1. The fraction of sp³-hybridized carbons (Fsp3) is 0.300. The van der Waals surface area contributed by atoms with Crippen LogP contribution in [0.3, 0.4) is 0 Å². The maximum absolute atomic E-state index is 13.3. The molecule has 0 radical (unpaired) electrons. The van der Waals surface area contributed by atoms with E-state index in [0.717, 1.165) is 6.07 Å². The number of ether oxygens (including phenoxy) is 1. The molecule has 3 nitrogen and oxygen atoms in total. The highest BCUT2D eigenvalue weighted by atomic mass is 19.2. The van der Waals surface area contributed by atoms with Crippen LogP contribution in [0.25, 0.3) is 0 Å². The summed E-state index contributed by atoms with van der Waals surface area (Å²) in [5.41, 5.74) is 0.290. The van der Waals surface area contributed by atoms with Gasteiger partial charge in [-0.25, -0.2) is 4.39 Å². The summed E-state index contributed by atoms with van der Waals surface area (Å²) in [5, 5.41) is 2.88. The van der Waals surface area contributed by atoms with Crippen LogP contribution in [-0.4, -0.2) is 18.9 Å². The number of nitrogens with one attached hydrogen (secondary N) is 1. The molecular formula is C10H9F2NO2. The van der Waals surface area contributed by atoms with Gasteiger partial charge in [-0.2, -0.15) is 4.39 Å². The van der Waals surface area contributed by atoms with Gasteiger partial charge in [-0.05, 0) is 13.0 Å². The van der Waals surface area contributed by atoms with E-state index in [4.69, 9.17) is 4.74 Å². The summed E-state index contributed by atoms with van der Waals surface area (Å²) in [5.74, 6) is -2.35. The molecule has 0 fully saturated rings. The van der Waals surface area contributed by atoms with Crippen molar-refractivity contribution in [3.8, 4) is 5.75 Å². The minimum absolute atomic E-state index is 0.0407. The van der Waals surface area contributed by atoms with Crippen LogP contribution in [0.15, 0.2) is 6.07 Å². The lowest BCUT2D eigenvalue weighted by Crippen LogP contribution is -2.29. The number of carbonyl (C=O) groups excluding carboxylic acids is 1. The molecule has 0 bridgehead atoms. The Labute approximate surface area is 85.0 Å². The largest absolute Gasteiger partial charge is 0.486 e. The number of hydrogen-bond acceptors (Lipinski definition) is 3. The molecule has 0 saturated heterocycles. The molecule has 0 aliphatic carbocycles. The third-order valence-electron chi connectivity index (χ3n) is 2.20. The molecule has 1 aliphatic rings. The van der Waals surface area contributed by atoms with Gasteiger partial charge in [0, 0.05) is 5.56 Å². The summed E-state index contributed by atoms with van der Waals surface area (Å²) in [6, 6.07) is 0.816. The van der Waals surface area contributed by atoms with Crippen LogP contribution >= 0.6 is 0 Å². The predicted octanol–water partition coefficient (Wildman–Crippen LogP) is 1.97. The van der Waals surface area contributed by atoms with Crippen LogP contribution < -0.4 is 10.1 Å². The van der Waals surface area contributed by atoms with Crippen LogP contribution in [0.4, 0.5) is 14.5 Å². The minimum atomic E-state index is -1.08. The van der Waals surface area contributed by atoms with Crippen LogP contribution in [0.1, 0.15) is 17.3 Å². The Morgan fingerprint density at radius 3 is 3.00 bits per heavy atom. The molecule has 0 saturated carbocycles. The molecule has 15 heavy (non-hydrogen) atoms. The van der Waals surface area contributed by atoms with E-state index >= 15 is 0 Å². The van der Waals surface area contributed by atoms with Crippen molar-refractivity contribution in [2.24, 2.45) is 0 Å². The second-order valence-corrected chi connectivity index (χ2v) is 3.44. The van der Waals surface area contributed by atoms with Crippen LogP contribution in [0, 0.1) is 11.6 Å². The summed E-state index contributed by atoms with van der Waals surface area (Å²) in [6.07, 6.45) is 0.468. The zero-order valence-corrected chi connectivity index (χ0v) is 8.01. The van der Waals surface area contributed by atoms with Crippen molar-refractivity contribution in [1.82, 2.24) is 0 Å². The Hall–Kier alpha value is -1.65. The van der Waals surface area contributed by atoms with Gasteiger partial charge in [0.15, 0.2) is 17.9 Å². The highest BCUT2D eigenvalue weighted by Crippen LogP contribution is 2.35. The van der Waals surface area contributed by atoms with E-state index in [1.165, 1.54) is 0 Å². The Morgan fingerprint density at radius 2 is 2.33 bits per heavy atom. The van der Waals surface area contributed by atoms with Gasteiger partial charge in [0.25, 0.3) is 0 Å². The highest BCUT2D eigenvalue weighted by Gasteiger charge is 2.24. The third-order valence-corrected chi connectivity index (χ3v) is 2.20. The number of halogens is 2. The first kappa shape index (κ1) is 9.89. The lowest BCUT2D eigenvalue weighted by Gasteiger charge is -2.26. The lowest BCUT2D eigenvalue weighted by molar-refractivity contribution is 0.112. The predicted molar refractivity (Wildman–Crippen MR) is 50.3 cm³/mol. The van der Waals surface area contributed by atoms with E-state index in [0.29, 0.717) is 6.29 Å². The first-order chi connectivity index (χ1) is 7.13. The molecular weight excluding hydrogens is 204 g/mol. The van der Waals surface area contributed by atoms with E-state index in [-0.39, 0.29) is 29.6 Å². The number of hydrogen-bond donors (Lipinski definition) is 1. The molecule has 0 aromatic heterocycles. The first-order valence-corrected chi connectivity index (χ1v) is 4.50. The topological polar surface area (TPSA) is 38.3 Å². The first-order valence-electron chi connectivity index (χ1n) is 4.50. The maximum Gasteiger partial charge on any atom is 0.202 e. The van der Waals surface area contributed by atoms with Crippen molar-refractivity contribution in [1.29, 1.82) is 0 Å². The van der Waals surface area contributed by atoms with E-state index in [1.807, 2.05) is 6.92 Å². The number of carbonyl (C=O) groups is 1. The molecule has 80 valence electrons. The molecule has 0 unspecified atom stereocenters. The number of anilines is 1. The van der Waals surface area contributed by atoms with Crippen molar-refractivity contribution in [3.05, 3.63) is 23.3 Å². The molecule has 0 amide bonds. The average molecular weight is 213 g/mol. The van der Waals surface area contributed by atoms with Crippen molar-refractivity contribution >= 4 is 12.0 Å². The lowest BCUT2D eigenvalue weighted by atomic mass is 10.1. The highest BCUT2D eigenvalue weighted by molar-refractivity contribution is 5.87. The smallest absolute Gasteiger partial charge is 0.202 e. The number of fused-ring (bicyclic) bond motifs is 1. The number of rotatable bonds is 1. The van der Waals surface area contributed by atoms with E-state index in [9.17, 15) is 13.6 Å². The Balaban J connectivity index is 2.61. The Bertz CT molecular complexity index is 420. The standard InChI is InChI=1S/C10H9F2NO2/c1-5-4-15-10-8(12)7(11)2-6(3-14)9(10)13-5/h2-3,5,13H,4H2,1H3/t5-/m0/s1. The fourth-order valence-corrected chi connectivity index (χ4v) is 1.50. The molecule has 1 aromatic rings. The summed E-state index contributed by atoms with van der Waals surface area (Å²) >= 11 is 0. The van der Waals surface area contributed by atoms with E-state index < -0.39 is 11.6 Å². The second kappa shape index (κ2) is 3.49. The molecule has 1 atom stereocenters. The van der Waals surface area contributed by atoms with Crippen molar-refractivity contribution in [3.63, 3.8) is 0 Å². The fourth-order valence-electron chi connectivity index (χ4n) is 1.50. The zero-order chi connectivity index (χ0) is 11.0. The van der Waals surface area contributed by atoms with Gasteiger partial charge in [0.2, 0.25) is 5.82 Å². The summed E-state index contributed by atoms with van der Waals surface area (Å²) in [4.78, 5) is 10.7. The van der Waals surface area contributed by atoms with Gasteiger partial charge in [0.05, 0.1) is 11.7 Å². The molecule has 2 rings (SSSR count). The monoisotopic (exact) mass is 213 g/mol. The van der Waals surface area contributed by atoms with Crippen LogP contribution in [0.2, 0.25) is 0 Å². The second-order valence-electron chi connectivity index (χ2n) is 3.44. The van der Waals surface area contributed by atoms with Gasteiger partial charge in [-0.15, -0.1) is 0 Å². The number of aldehydes is 1. The Kier molecular flexibility index (Phi) is 2.30. The quantitative estimate of drug-likeness (QED) is 0.725. The minimum Gasteiger partial charge on any atom is -0.486 e. The van der Waals surface area contributed by atoms with Gasteiger partial charge < -0.3 is 10.1 Å². The van der Waals surface area contributed by atoms with Gasteiger partial charge in [-0.3, -0.25) is 4.79 Å². The normalized spacial score (nSPS) is 18.7. The van der Waals surface area contributed by atoms with Gasteiger partial charge >= 0.3 is 0 Å². The Morgan fingerprint density at radius 1 is 1.60 bits per heavy atom. The summed E-state index contributed by atoms with van der Waals surface area (Å²) < 4.78 is 31.3. The van der Waals surface area contributed by atoms with E-state index in [1.54, 1.807) is 0 Å². The maximum atomic E-state index is 13.3. The molecule has 1 N–H and O–H groups in total. The van der Waals surface area contributed by atoms with Crippen LogP contribution in [0.5, 0.6) is 5.75 Å². The van der Waals surface area contributed by atoms with Gasteiger partial charge in [0.1, 0.15) is 6.61 Å². The third kappa shape index (κ3) is 1.54. The van der Waals surface area contributed by atoms with Crippen molar-refractivity contribution in [2.45, 2.75) is 13.0 Å². The molecule has 5 heteroatoms. The average Bonchev–Trinajstić information content (AvgIpc) is 2.23. The zero-order valence-electron chi connectivity index (χ0n) is 8.01. The molecule has 0 spiro atoms. The van der Waals surface area contributed by atoms with E-state index in [2.05, 4.69) is 5.32 Å². The van der Waals surface area contributed by atoms with Crippen molar-refractivity contribution < 1.29 is 18.3 Å². The van der Waals surface area contributed by atoms with Crippen LogP contribution in [-0.2, 0) is 0 Å². The summed E-state index contributed by atoms with van der Waals surface area (Å²) in [6.45, 7) is 2.06. The van der Waals surface area contributed by atoms with Crippen molar-refractivity contribution in [2.75, 3.05) is 11.9 Å². The molecule has 1 heterocycles.